The average Bonchev–Trinajstić information content (AvgIpc) is 2.93. The van der Waals surface area contributed by atoms with Crippen molar-refractivity contribution in [3.63, 3.8) is 0 Å². The summed E-state index contributed by atoms with van der Waals surface area (Å²) in [7, 11) is 0. The molecule has 5 nitrogen and oxygen atoms in total. The van der Waals surface area contributed by atoms with Crippen LogP contribution in [0.15, 0.2) is 29.1 Å². The first-order chi connectivity index (χ1) is 10.1. The summed E-state index contributed by atoms with van der Waals surface area (Å²) in [6.07, 6.45) is 1.45. The van der Waals surface area contributed by atoms with Crippen LogP contribution in [-0.4, -0.2) is 26.9 Å². The van der Waals surface area contributed by atoms with Crippen molar-refractivity contribution < 1.29 is 14.9 Å². The fourth-order valence-electron chi connectivity index (χ4n) is 3.70. The number of hydrogen-bond donors (Lipinski definition) is 3. The van der Waals surface area contributed by atoms with Gasteiger partial charge in [-0.15, -0.1) is 0 Å². The molecule has 5 heteroatoms. The van der Waals surface area contributed by atoms with Crippen molar-refractivity contribution in [3.05, 3.63) is 40.2 Å². The van der Waals surface area contributed by atoms with Crippen LogP contribution in [0.3, 0.4) is 0 Å². The molecule has 3 N–H and O–H groups in total. The van der Waals surface area contributed by atoms with Gasteiger partial charge in [0.1, 0.15) is 23.6 Å². The van der Waals surface area contributed by atoms with E-state index in [-0.39, 0.29) is 5.56 Å². The Labute approximate surface area is 121 Å². The summed E-state index contributed by atoms with van der Waals surface area (Å²) in [6, 6.07) is 6.81. The minimum Gasteiger partial charge on any atom is -0.484 e. The molecule has 0 amide bonds. The molecule has 110 valence electrons. The molecule has 1 aromatic carbocycles. The van der Waals surface area contributed by atoms with E-state index >= 15 is 0 Å². The topological polar surface area (TPSA) is 82.6 Å². The molecule has 1 aromatic heterocycles. The normalized spacial score (nSPS) is 26.8. The molecule has 1 spiro atoms. The van der Waals surface area contributed by atoms with Gasteiger partial charge in [0.25, 0.3) is 0 Å². The van der Waals surface area contributed by atoms with Crippen molar-refractivity contribution in [2.24, 2.45) is 0 Å². The number of hydrogen-bond acceptors (Lipinski definition) is 4. The van der Waals surface area contributed by atoms with E-state index in [1.807, 2.05) is 12.1 Å². The number of benzene rings is 1. The number of aromatic amines is 1. The summed E-state index contributed by atoms with van der Waals surface area (Å²) in [4.78, 5) is 14.3. The Morgan fingerprint density at radius 2 is 1.86 bits per heavy atom. The maximum Gasteiger partial charge on any atom is 0.248 e. The maximum absolute atomic E-state index is 11.6. The van der Waals surface area contributed by atoms with Gasteiger partial charge in [-0.05, 0) is 49.3 Å². The smallest absolute Gasteiger partial charge is 0.248 e. The minimum atomic E-state index is -1.05. The van der Waals surface area contributed by atoms with Crippen LogP contribution >= 0.6 is 0 Å². The predicted octanol–water partition coefficient (Wildman–Crippen LogP) is 1.63. The number of ether oxygens (including phenoxy) is 1. The molecule has 2 aromatic rings. The van der Waals surface area contributed by atoms with Gasteiger partial charge in [0.05, 0.1) is 5.52 Å². The SMILES string of the molecule is O=c1ccc2ccc3c(c2[nH]1)[C@H](O)[C@H](O)C1(CCCC1)O3. The van der Waals surface area contributed by atoms with Crippen LogP contribution in [-0.2, 0) is 0 Å². The van der Waals surface area contributed by atoms with Crippen LogP contribution in [0, 0.1) is 0 Å². The van der Waals surface area contributed by atoms with E-state index in [0.717, 1.165) is 31.1 Å². The van der Waals surface area contributed by atoms with Gasteiger partial charge in [-0.3, -0.25) is 4.79 Å². The van der Waals surface area contributed by atoms with E-state index < -0.39 is 17.8 Å². The third-order valence-corrected chi connectivity index (χ3v) is 4.80. The number of pyridine rings is 1. The van der Waals surface area contributed by atoms with E-state index in [4.69, 9.17) is 4.74 Å². The molecule has 1 aliphatic heterocycles. The predicted molar refractivity (Wildman–Crippen MR) is 77.4 cm³/mol. The van der Waals surface area contributed by atoms with Gasteiger partial charge >= 0.3 is 0 Å². The number of H-pyrrole nitrogens is 1. The monoisotopic (exact) mass is 287 g/mol. The van der Waals surface area contributed by atoms with Crippen LogP contribution in [0.4, 0.5) is 0 Å². The molecule has 0 unspecified atom stereocenters. The highest BCUT2D eigenvalue weighted by molar-refractivity contribution is 5.84. The first-order valence-electron chi connectivity index (χ1n) is 7.32. The summed E-state index contributed by atoms with van der Waals surface area (Å²) in [5, 5.41) is 21.9. The van der Waals surface area contributed by atoms with Crippen LogP contribution in [0.25, 0.3) is 10.9 Å². The summed E-state index contributed by atoms with van der Waals surface area (Å²) < 4.78 is 6.08. The van der Waals surface area contributed by atoms with E-state index in [1.165, 1.54) is 6.07 Å². The summed E-state index contributed by atoms with van der Waals surface area (Å²) in [5.74, 6) is 0.559. The highest BCUT2D eigenvalue weighted by Gasteiger charge is 2.50. The van der Waals surface area contributed by atoms with Crippen molar-refractivity contribution in [2.75, 3.05) is 0 Å². The number of aliphatic hydroxyl groups excluding tert-OH is 2. The number of aromatic nitrogens is 1. The lowest BCUT2D eigenvalue weighted by atomic mass is 9.84. The molecule has 1 fully saturated rings. The Bertz CT molecular complexity index is 760. The van der Waals surface area contributed by atoms with Crippen LogP contribution in [0.2, 0.25) is 0 Å². The molecule has 4 rings (SSSR count). The molecule has 0 saturated heterocycles. The molecule has 1 aliphatic carbocycles. The van der Waals surface area contributed by atoms with Gasteiger partial charge in [-0.25, -0.2) is 0 Å². The number of rotatable bonds is 0. The van der Waals surface area contributed by atoms with Gasteiger partial charge in [0.2, 0.25) is 5.56 Å². The van der Waals surface area contributed by atoms with E-state index in [1.54, 1.807) is 6.07 Å². The molecule has 2 atom stereocenters. The standard InChI is InChI=1S/C16H17NO4/c18-11-6-4-9-3-5-10-12(13(9)17-11)14(19)15(20)16(21-10)7-1-2-8-16/h3-6,14-15,19-20H,1-2,7-8H2,(H,17,18)/t14-,15-/m0/s1. The number of aliphatic hydroxyl groups is 2. The average molecular weight is 287 g/mol. The van der Waals surface area contributed by atoms with E-state index in [0.29, 0.717) is 16.8 Å². The molecule has 2 aliphatic rings. The van der Waals surface area contributed by atoms with Crippen LogP contribution < -0.4 is 10.3 Å². The quantitative estimate of drug-likeness (QED) is 0.687. The van der Waals surface area contributed by atoms with Gasteiger partial charge in [-0.2, -0.15) is 0 Å². The Balaban J connectivity index is 1.95. The van der Waals surface area contributed by atoms with Gasteiger partial charge < -0.3 is 19.9 Å². The van der Waals surface area contributed by atoms with Crippen molar-refractivity contribution in [2.45, 2.75) is 43.5 Å². The Kier molecular flexibility index (Phi) is 2.65. The summed E-state index contributed by atoms with van der Waals surface area (Å²) in [6.45, 7) is 0. The Morgan fingerprint density at radius 1 is 1.14 bits per heavy atom. The second-order valence-electron chi connectivity index (χ2n) is 6.03. The lowest BCUT2D eigenvalue weighted by Crippen LogP contribution is -2.51. The molecule has 21 heavy (non-hydrogen) atoms. The second-order valence-corrected chi connectivity index (χ2v) is 6.03. The third kappa shape index (κ3) is 1.74. The second kappa shape index (κ2) is 4.32. The number of fused-ring (bicyclic) bond motifs is 3. The van der Waals surface area contributed by atoms with Crippen molar-refractivity contribution in [1.29, 1.82) is 0 Å². The fourth-order valence-corrected chi connectivity index (χ4v) is 3.70. The molecule has 0 radical (unpaired) electrons. The van der Waals surface area contributed by atoms with Crippen molar-refractivity contribution >= 4 is 10.9 Å². The van der Waals surface area contributed by atoms with Crippen LogP contribution in [0.5, 0.6) is 5.75 Å². The number of nitrogens with one attached hydrogen (secondary N) is 1. The Hall–Kier alpha value is -1.85. The van der Waals surface area contributed by atoms with Crippen molar-refractivity contribution in [1.82, 2.24) is 4.98 Å². The first-order valence-corrected chi connectivity index (χ1v) is 7.32. The minimum absolute atomic E-state index is 0.237. The zero-order valence-electron chi connectivity index (χ0n) is 11.5. The Morgan fingerprint density at radius 3 is 2.62 bits per heavy atom. The molecule has 1 saturated carbocycles. The van der Waals surface area contributed by atoms with Crippen molar-refractivity contribution in [3.8, 4) is 5.75 Å². The summed E-state index contributed by atoms with van der Waals surface area (Å²) >= 11 is 0. The summed E-state index contributed by atoms with van der Waals surface area (Å²) in [5.41, 5.74) is 0.100. The molecular weight excluding hydrogens is 270 g/mol. The van der Waals surface area contributed by atoms with Gasteiger partial charge in [-0.1, -0.05) is 0 Å². The van der Waals surface area contributed by atoms with Gasteiger partial charge in [0.15, 0.2) is 0 Å². The highest BCUT2D eigenvalue weighted by Crippen LogP contribution is 2.48. The zero-order valence-corrected chi connectivity index (χ0v) is 11.5. The fraction of sp³-hybridized carbons (Fsp3) is 0.438. The lowest BCUT2D eigenvalue weighted by molar-refractivity contribution is -0.125. The maximum atomic E-state index is 11.6. The highest BCUT2D eigenvalue weighted by atomic mass is 16.5. The lowest BCUT2D eigenvalue weighted by Gasteiger charge is -2.42. The van der Waals surface area contributed by atoms with Gasteiger partial charge in [0, 0.05) is 11.6 Å². The third-order valence-electron chi connectivity index (χ3n) is 4.80. The molecular formula is C16H17NO4. The largest absolute Gasteiger partial charge is 0.484 e. The van der Waals surface area contributed by atoms with Crippen LogP contribution in [0.1, 0.15) is 37.4 Å². The zero-order chi connectivity index (χ0) is 14.6. The molecule has 0 bridgehead atoms. The van der Waals surface area contributed by atoms with E-state index in [2.05, 4.69) is 4.98 Å². The molecule has 2 heterocycles. The van der Waals surface area contributed by atoms with E-state index in [9.17, 15) is 15.0 Å². The first kappa shape index (κ1) is 12.9.